The van der Waals surface area contributed by atoms with Gasteiger partial charge in [-0.1, -0.05) is 166 Å². The molecule has 0 radical (unpaired) electrons. The van der Waals surface area contributed by atoms with E-state index in [0.29, 0.717) is 17.5 Å². The van der Waals surface area contributed by atoms with Crippen LogP contribution in [0.4, 0.5) is 0 Å². The molecule has 0 saturated carbocycles. The van der Waals surface area contributed by atoms with Crippen LogP contribution in [-0.2, 0) is 5.41 Å². The van der Waals surface area contributed by atoms with E-state index in [2.05, 4.69) is 135 Å². The number of nitrogens with zero attached hydrogens (tertiary/aromatic N) is 3. The Bertz CT molecular complexity index is 2800. The van der Waals surface area contributed by atoms with E-state index in [9.17, 15) is 0 Å². The summed E-state index contributed by atoms with van der Waals surface area (Å²) in [5.41, 5.74) is 13.9. The van der Waals surface area contributed by atoms with Crippen molar-refractivity contribution < 1.29 is 4.42 Å². The summed E-state index contributed by atoms with van der Waals surface area (Å²) in [7, 11) is 0. The van der Waals surface area contributed by atoms with E-state index < -0.39 is 0 Å². The van der Waals surface area contributed by atoms with Crippen molar-refractivity contribution in [3.05, 3.63) is 175 Å². The first kappa shape index (κ1) is 30.2. The lowest BCUT2D eigenvalue weighted by Crippen LogP contribution is -2.14. The van der Waals surface area contributed by atoms with Crippen LogP contribution < -0.4 is 0 Å². The molecule has 9 aromatic rings. The topological polar surface area (TPSA) is 51.8 Å². The molecule has 0 bridgehead atoms. The first-order valence-electron chi connectivity index (χ1n) is 17.7. The van der Waals surface area contributed by atoms with Crippen LogP contribution >= 0.6 is 0 Å². The molecule has 2 aromatic heterocycles. The van der Waals surface area contributed by atoms with Crippen LogP contribution in [0, 0.1) is 0 Å². The van der Waals surface area contributed by atoms with Crippen molar-refractivity contribution in [2.24, 2.45) is 0 Å². The highest BCUT2D eigenvalue weighted by Crippen LogP contribution is 2.49. The van der Waals surface area contributed by atoms with Gasteiger partial charge in [0.25, 0.3) is 0 Å². The number of rotatable bonds is 5. The molecule has 0 aliphatic heterocycles. The summed E-state index contributed by atoms with van der Waals surface area (Å²) in [6.07, 6.45) is 0. The van der Waals surface area contributed by atoms with Crippen molar-refractivity contribution in [2.45, 2.75) is 19.3 Å². The van der Waals surface area contributed by atoms with Gasteiger partial charge in [-0.15, -0.1) is 0 Å². The number of fused-ring (bicyclic) bond motifs is 6. The number of aromatic nitrogens is 3. The molecule has 0 N–H and O–H groups in total. The second-order valence-corrected chi connectivity index (χ2v) is 14.0. The highest BCUT2D eigenvalue weighted by atomic mass is 16.3. The van der Waals surface area contributed by atoms with Gasteiger partial charge in [-0.3, -0.25) is 0 Å². The van der Waals surface area contributed by atoms with Crippen molar-refractivity contribution in [1.82, 2.24) is 15.0 Å². The fraction of sp³-hybridized carbons (Fsp3) is 0.0625. The van der Waals surface area contributed by atoms with Crippen LogP contribution in [0.3, 0.4) is 0 Å². The molecule has 2 heterocycles. The zero-order chi connectivity index (χ0) is 34.8. The first-order valence-corrected chi connectivity index (χ1v) is 17.7. The van der Waals surface area contributed by atoms with Crippen molar-refractivity contribution in [3.63, 3.8) is 0 Å². The van der Waals surface area contributed by atoms with E-state index in [-0.39, 0.29) is 5.41 Å². The quantitative estimate of drug-likeness (QED) is 0.183. The van der Waals surface area contributed by atoms with Crippen LogP contribution in [-0.4, -0.2) is 15.0 Å². The standard InChI is InChI=1S/C48H33N3O/c1-48(2)41-22-10-9-17-36(41)40-29-34(27-28-42(40)48)46-49-45(33-15-7-4-8-16-33)50-47(51-46)39-21-12-20-38-37-19-11-18-35(43(37)52-44(38)39)32-25-23-31(24-26-32)30-13-5-3-6-14-30/h3-29H,1-2H3. The summed E-state index contributed by atoms with van der Waals surface area (Å²) in [5.74, 6) is 1.82. The van der Waals surface area contributed by atoms with E-state index in [1.165, 1.54) is 33.4 Å². The molecule has 246 valence electrons. The normalized spacial score (nSPS) is 13.0. The number of furan rings is 1. The summed E-state index contributed by atoms with van der Waals surface area (Å²) >= 11 is 0. The van der Waals surface area contributed by atoms with Gasteiger partial charge < -0.3 is 4.42 Å². The third-order valence-electron chi connectivity index (χ3n) is 10.6. The lowest BCUT2D eigenvalue weighted by molar-refractivity contribution is 0.660. The minimum atomic E-state index is -0.0797. The van der Waals surface area contributed by atoms with Gasteiger partial charge >= 0.3 is 0 Å². The van der Waals surface area contributed by atoms with Crippen LogP contribution in [0.1, 0.15) is 25.0 Å². The molecule has 0 atom stereocenters. The van der Waals surface area contributed by atoms with Gasteiger partial charge in [0, 0.05) is 32.9 Å². The average Bonchev–Trinajstić information content (AvgIpc) is 3.70. The van der Waals surface area contributed by atoms with Gasteiger partial charge in [0.2, 0.25) is 0 Å². The van der Waals surface area contributed by atoms with E-state index in [1.54, 1.807) is 0 Å². The molecular weight excluding hydrogens is 635 g/mol. The second kappa shape index (κ2) is 11.7. The molecule has 0 spiro atoms. The van der Waals surface area contributed by atoms with E-state index >= 15 is 0 Å². The molecule has 0 unspecified atom stereocenters. The monoisotopic (exact) mass is 667 g/mol. The van der Waals surface area contributed by atoms with Crippen LogP contribution in [0.25, 0.3) is 89.5 Å². The van der Waals surface area contributed by atoms with E-state index in [4.69, 9.17) is 19.4 Å². The molecule has 0 saturated heterocycles. The molecule has 10 rings (SSSR count). The minimum absolute atomic E-state index is 0.0797. The molecule has 7 aromatic carbocycles. The summed E-state index contributed by atoms with van der Waals surface area (Å²) in [4.78, 5) is 15.3. The van der Waals surface area contributed by atoms with Gasteiger partial charge in [-0.2, -0.15) is 0 Å². The summed E-state index contributed by atoms with van der Waals surface area (Å²) in [5, 5.41) is 2.08. The Morgan fingerprint density at radius 1 is 0.365 bits per heavy atom. The molecular formula is C48H33N3O. The van der Waals surface area contributed by atoms with Gasteiger partial charge in [0.15, 0.2) is 17.5 Å². The smallest absolute Gasteiger partial charge is 0.167 e. The summed E-state index contributed by atoms with van der Waals surface area (Å²) in [6.45, 7) is 4.59. The Hall–Kier alpha value is -6.65. The van der Waals surface area contributed by atoms with Gasteiger partial charge in [0.05, 0.1) is 5.56 Å². The fourth-order valence-corrected chi connectivity index (χ4v) is 7.90. The van der Waals surface area contributed by atoms with Crippen molar-refractivity contribution in [1.29, 1.82) is 0 Å². The molecule has 0 amide bonds. The predicted molar refractivity (Wildman–Crippen MR) is 212 cm³/mol. The maximum Gasteiger partial charge on any atom is 0.167 e. The minimum Gasteiger partial charge on any atom is -0.455 e. The Morgan fingerprint density at radius 2 is 0.865 bits per heavy atom. The van der Waals surface area contributed by atoms with Gasteiger partial charge in [0.1, 0.15) is 11.2 Å². The summed E-state index contributed by atoms with van der Waals surface area (Å²) in [6, 6.07) is 57.2. The zero-order valence-electron chi connectivity index (χ0n) is 28.8. The highest BCUT2D eigenvalue weighted by Gasteiger charge is 2.35. The molecule has 0 fully saturated rings. The van der Waals surface area contributed by atoms with E-state index in [0.717, 1.165) is 49.8 Å². The largest absolute Gasteiger partial charge is 0.455 e. The predicted octanol–water partition coefficient (Wildman–Crippen LogP) is 12.4. The Morgan fingerprint density at radius 3 is 1.60 bits per heavy atom. The average molecular weight is 668 g/mol. The molecule has 4 nitrogen and oxygen atoms in total. The lowest BCUT2D eigenvalue weighted by Gasteiger charge is -2.21. The number of hydrogen-bond acceptors (Lipinski definition) is 4. The third-order valence-corrected chi connectivity index (χ3v) is 10.6. The highest BCUT2D eigenvalue weighted by molar-refractivity contribution is 6.12. The second-order valence-electron chi connectivity index (χ2n) is 14.0. The third kappa shape index (κ3) is 4.79. The fourth-order valence-electron chi connectivity index (χ4n) is 7.90. The van der Waals surface area contributed by atoms with Crippen LogP contribution in [0.2, 0.25) is 0 Å². The molecule has 4 heteroatoms. The maximum absolute atomic E-state index is 6.85. The number of para-hydroxylation sites is 2. The van der Waals surface area contributed by atoms with Crippen molar-refractivity contribution in [3.8, 4) is 67.5 Å². The zero-order valence-corrected chi connectivity index (χ0v) is 28.8. The summed E-state index contributed by atoms with van der Waals surface area (Å²) < 4.78 is 6.85. The van der Waals surface area contributed by atoms with Gasteiger partial charge in [-0.25, -0.2) is 15.0 Å². The van der Waals surface area contributed by atoms with Crippen LogP contribution in [0.5, 0.6) is 0 Å². The number of hydrogen-bond donors (Lipinski definition) is 0. The molecule has 1 aliphatic rings. The Labute approximate surface area is 302 Å². The van der Waals surface area contributed by atoms with Crippen LogP contribution in [0.15, 0.2) is 168 Å². The Kier molecular flexibility index (Phi) is 6.80. The van der Waals surface area contributed by atoms with Crippen molar-refractivity contribution in [2.75, 3.05) is 0 Å². The number of benzene rings is 7. The molecule has 1 aliphatic carbocycles. The maximum atomic E-state index is 6.85. The van der Waals surface area contributed by atoms with Crippen molar-refractivity contribution >= 4 is 21.9 Å². The van der Waals surface area contributed by atoms with Gasteiger partial charge in [-0.05, 0) is 51.1 Å². The molecule has 52 heavy (non-hydrogen) atoms. The first-order chi connectivity index (χ1) is 25.5. The Balaban J connectivity index is 1.13. The SMILES string of the molecule is CC1(C)c2ccccc2-c2cc(-c3nc(-c4ccccc4)nc(-c4cccc5c4oc4c(-c6ccc(-c7ccccc7)cc6)cccc45)n3)ccc21. The lowest BCUT2D eigenvalue weighted by atomic mass is 9.82. The van der Waals surface area contributed by atoms with E-state index in [1.807, 2.05) is 42.5 Å².